The quantitative estimate of drug-likeness (QED) is 0.0373. The van der Waals surface area contributed by atoms with Crippen LogP contribution in [0.3, 0.4) is 0 Å². The highest BCUT2D eigenvalue weighted by Gasteiger charge is 2.25. The number of ether oxygens (including phenoxy) is 4. The highest BCUT2D eigenvalue weighted by Crippen LogP contribution is 2.15. The van der Waals surface area contributed by atoms with Crippen molar-refractivity contribution in [2.45, 2.75) is 193 Å². The number of amides is 4. The third kappa shape index (κ3) is 43.8. The molecule has 0 aromatic heterocycles. The number of rotatable bonds is 54. The molecule has 0 aliphatic heterocycles. The molecule has 0 heterocycles. The highest BCUT2D eigenvalue weighted by atomic mass is 16.5. The standard InChI is InChI=1S/C53H90N4O19.H2/c1-39(40(2)58)18-15-16-28-54-46(61)26-22-41(51(67)68)36-43(60)37-75-34-33-74-31-29-55-49(64)38-76-35-32-73-30-17-19-42(59)23-24-44(52(69)70)57-48(63)27-25-45(53(71)72)56-47(62)20-13-11-9-7-5-3-4-6-8-10-12-14-21-50(65)66;/h39,41,44-45H,3-38H2,1-2H3,(H,54,61)(H,55,64)(H,56,62)(H,57,63)(H,65,66)(H,67,68)(H,69,70)(H,71,72);1H/t39-,41+,44-,45-;/m0./s1. The Labute approximate surface area is 449 Å². The molecule has 0 saturated carbocycles. The van der Waals surface area contributed by atoms with Gasteiger partial charge in [-0.1, -0.05) is 77.6 Å². The topological polar surface area (TPSA) is 354 Å². The molecule has 0 rings (SSSR count). The fourth-order valence-electron chi connectivity index (χ4n) is 7.61. The molecule has 438 valence electrons. The Balaban J connectivity index is 0. The predicted octanol–water partition coefficient (Wildman–Crippen LogP) is 4.96. The average molecular weight is 1090 g/mol. The van der Waals surface area contributed by atoms with Crippen molar-refractivity contribution in [1.82, 2.24) is 21.3 Å². The molecule has 8 N–H and O–H groups in total. The van der Waals surface area contributed by atoms with Crippen LogP contribution in [0.1, 0.15) is 182 Å². The molecular formula is C53H92N4O19. The van der Waals surface area contributed by atoms with Gasteiger partial charge in [0, 0.05) is 72.0 Å². The second-order valence-electron chi connectivity index (χ2n) is 19.1. The molecule has 0 aromatic carbocycles. The van der Waals surface area contributed by atoms with E-state index in [-0.39, 0.29) is 148 Å². The summed E-state index contributed by atoms with van der Waals surface area (Å²) in [7, 11) is 0. The molecule has 0 bridgehead atoms. The zero-order valence-electron chi connectivity index (χ0n) is 45.2. The average Bonchev–Trinajstić information content (AvgIpc) is 3.36. The van der Waals surface area contributed by atoms with E-state index in [9.17, 15) is 68.1 Å². The maximum absolute atomic E-state index is 12.5. The van der Waals surface area contributed by atoms with Crippen molar-refractivity contribution < 1.29 is 93.5 Å². The minimum absolute atomic E-state index is 0. The summed E-state index contributed by atoms with van der Waals surface area (Å²) in [5.41, 5.74) is 0. The van der Waals surface area contributed by atoms with E-state index < -0.39 is 65.4 Å². The van der Waals surface area contributed by atoms with Gasteiger partial charge in [0.25, 0.3) is 0 Å². The van der Waals surface area contributed by atoms with Crippen molar-refractivity contribution in [2.75, 3.05) is 65.9 Å². The summed E-state index contributed by atoms with van der Waals surface area (Å²) in [6.45, 7) is 4.25. The summed E-state index contributed by atoms with van der Waals surface area (Å²) in [4.78, 5) is 131. The van der Waals surface area contributed by atoms with E-state index >= 15 is 0 Å². The maximum Gasteiger partial charge on any atom is 0.326 e. The van der Waals surface area contributed by atoms with Crippen molar-refractivity contribution >= 4 is 64.9 Å². The maximum atomic E-state index is 12.5. The summed E-state index contributed by atoms with van der Waals surface area (Å²) in [5.74, 6) is -8.06. The van der Waals surface area contributed by atoms with E-state index in [0.717, 1.165) is 83.5 Å². The highest BCUT2D eigenvalue weighted by molar-refractivity contribution is 5.87. The normalized spacial score (nSPS) is 12.7. The van der Waals surface area contributed by atoms with Crippen molar-refractivity contribution in [3.63, 3.8) is 0 Å². The first-order chi connectivity index (χ1) is 36.3. The Morgan fingerprint density at radius 1 is 0.408 bits per heavy atom. The van der Waals surface area contributed by atoms with Gasteiger partial charge in [-0.05, 0) is 58.3 Å². The number of Topliss-reactive ketones (excluding diaryl/α,β-unsaturated/α-hetero) is 3. The number of nitrogens with one attached hydrogen (secondary N) is 4. The van der Waals surface area contributed by atoms with E-state index in [1.165, 1.54) is 0 Å². The zero-order chi connectivity index (χ0) is 56.8. The van der Waals surface area contributed by atoms with Crippen LogP contribution in [0, 0.1) is 11.8 Å². The van der Waals surface area contributed by atoms with Crippen LogP contribution in [0.4, 0.5) is 0 Å². The number of aliphatic carboxylic acids is 4. The molecule has 0 fully saturated rings. The molecule has 0 aliphatic carbocycles. The number of hydrogen-bond acceptors (Lipinski definition) is 15. The number of carboxylic acids is 4. The molecule has 0 unspecified atom stereocenters. The molecule has 4 atom stereocenters. The zero-order valence-corrected chi connectivity index (χ0v) is 45.2. The first-order valence-corrected chi connectivity index (χ1v) is 27.2. The van der Waals surface area contributed by atoms with Gasteiger partial charge >= 0.3 is 23.9 Å². The Hall–Kier alpha value is -5.39. The van der Waals surface area contributed by atoms with Crippen LogP contribution in [-0.2, 0) is 71.7 Å². The van der Waals surface area contributed by atoms with Crippen LogP contribution >= 0.6 is 0 Å². The van der Waals surface area contributed by atoms with Gasteiger partial charge in [-0.15, -0.1) is 0 Å². The lowest BCUT2D eigenvalue weighted by Crippen LogP contribution is -2.44. The minimum Gasteiger partial charge on any atom is -0.481 e. The molecule has 0 spiro atoms. The number of carbonyl (C=O) groups excluding carboxylic acids is 7. The monoisotopic (exact) mass is 1090 g/mol. The molecule has 23 heteroatoms. The molecule has 76 heavy (non-hydrogen) atoms. The van der Waals surface area contributed by atoms with Gasteiger partial charge in [-0.25, -0.2) is 9.59 Å². The SMILES string of the molecule is CC(=O)[C@@H](C)CCCCNC(=O)CC[C@H](CC(=O)COCCOCCNC(=O)COCCOCCCC(=O)CC[C@H](NC(=O)CC[C@H](NC(=O)CCCCCCCCCCCCCCC(=O)O)C(=O)O)C(=O)O)C(=O)O.[HH]. The fourth-order valence-corrected chi connectivity index (χ4v) is 7.61. The number of hydrogen-bond donors (Lipinski definition) is 8. The second-order valence-corrected chi connectivity index (χ2v) is 19.1. The van der Waals surface area contributed by atoms with Gasteiger partial charge in [0.2, 0.25) is 23.6 Å². The predicted molar refractivity (Wildman–Crippen MR) is 279 cm³/mol. The van der Waals surface area contributed by atoms with Crippen molar-refractivity contribution in [1.29, 1.82) is 0 Å². The third-order valence-corrected chi connectivity index (χ3v) is 12.4. The smallest absolute Gasteiger partial charge is 0.326 e. The van der Waals surface area contributed by atoms with Crippen LogP contribution < -0.4 is 21.3 Å². The van der Waals surface area contributed by atoms with Crippen molar-refractivity contribution in [3.8, 4) is 0 Å². The lowest BCUT2D eigenvalue weighted by Gasteiger charge is -2.17. The van der Waals surface area contributed by atoms with Crippen LogP contribution in [0.25, 0.3) is 0 Å². The van der Waals surface area contributed by atoms with Gasteiger partial charge in [0.05, 0.1) is 39.0 Å². The summed E-state index contributed by atoms with van der Waals surface area (Å²) < 4.78 is 21.3. The summed E-state index contributed by atoms with van der Waals surface area (Å²) in [5, 5.41) is 47.5. The Bertz CT molecular complexity index is 1740. The van der Waals surface area contributed by atoms with E-state index in [4.69, 9.17) is 24.1 Å². The number of unbranched alkanes of at least 4 members (excludes halogenated alkanes) is 12. The van der Waals surface area contributed by atoms with Gasteiger partial charge in [0.1, 0.15) is 36.9 Å². The molecule has 23 nitrogen and oxygen atoms in total. The lowest BCUT2D eigenvalue weighted by molar-refractivity contribution is -0.145. The van der Waals surface area contributed by atoms with Crippen molar-refractivity contribution in [3.05, 3.63) is 0 Å². The van der Waals surface area contributed by atoms with Crippen LogP contribution in [0.15, 0.2) is 0 Å². The Morgan fingerprint density at radius 3 is 1.45 bits per heavy atom. The van der Waals surface area contributed by atoms with Crippen LogP contribution in [0.2, 0.25) is 0 Å². The van der Waals surface area contributed by atoms with Crippen molar-refractivity contribution in [2.24, 2.45) is 11.8 Å². The van der Waals surface area contributed by atoms with Gasteiger partial charge in [-0.3, -0.25) is 43.2 Å². The summed E-state index contributed by atoms with van der Waals surface area (Å²) in [6, 6.07) is -2.70. The number of carbonyl (C=O) groups is 11. The largest absolute Gasteiger partial charge is 0.481 e. The molecule has 0 aliphatic rings. The van der Waals surface area contributed by atoms with E-state index in [1.807, 2.05) is 6.92 Å². The summed E-state index contributed by atoms with van der Waals surface area (Å²) >= 11 is 0. The molecular weight excluding hydrogens is 997 g/mol. The first-order valence-electron chi connectivity index (χ1n) is 27.2. The first kappa shape index (κ1) is 70.6. The Kier molecular flexibility index (Phi) is 43.5. The molecule has 4 amide bonds. The number of carboxylic acid groups (broad SMARTS) is 4. The van der Waals surface area contributed by atoms with E-state index in [1.54, 1.807) is 6.92 Å². The minimum atomic E-state index is -1.37. The molecule has 0 radical (unpaired) electrons. The molecule has 0 aromatic rings. The second kappa shape index (κ2) is 46.9. The fraction of sp³-hybridized carbons (Fsp3) is 0.792. The van der Waals surface area contributed by atoms with E-state index in [0.29, 0.717) is 25.8 Å². The van der Waals surface area contributed by atoms with Gasteiger partial charge < -0.3 is 60.6 Å². The van der Waals surface area contributed by atoms with Gasteiger partial charge in [0.15, 0.2) is 5.78 Å². The van der Waals surface area contributed by atoms with Crippen LogP contribution in [-0.4, -0.2) is 163 Å². The van der Waals surface area contributed by atoms with Crippen LogP contribution in [0.5, 0.6) is 0 Å². The summed E-state index contributed by atoms with van der Waals surface area (Å²) in [6.07, 6.45) is 13.6. The number of ketones is 3. The Morgan fingerprint density at radius 2 is 0.895 bits per heavy atom. The molecule has 0 saturated heterocycles. The lowest BCUT2D eigenvalue weighted by atomic mass is 9.97. The third-order valence-electron chi connectivity index (χ3n) is 12.4. The van der Waals surface area contributed by atoms with Gasteiger partial charge in [-0.2, -0.15) is 0 Å². The van der Waals surface area contributed by atoms with E-state index in [2.05, 4.69) is 21.3 Å².